The number of aromatic nitrogens is 1. The lowest BCUT2D eigenvalue weighted by molar-refractivity contribution is 0.0957. The quantitative estimate of drug-likeness (QED) is 0.792. The van der Waals surface area contributed by atoms with E-state index in [2.05, 4.69) is 10.3 Å². The average Bonchev–Trinajstić information content (AvgIpc) is 2.95. The molecule has 1 aromatic heterocycles. The van der Waals surface area contributed by atoms with E-state index in [4.69, 9.17) is 14.2 Å². The standard InChI is InChI=1S/C17H22N2O4S/c1-11-16(24-15(19-11)10-21-2)17(20)18-8-7-12-5-6-13(22-3)14(9-12)23-4/h5-6,9H,7-8,10H2,1-4H3,(H,18,20). The highest BCUT2D eigenvalue weighted by Crippen LogP contribution is 2.27. The predicted molar refractivity (Wildman–Crippen MR) is 93.1 cm³/mol. The summed E-state index contributed by atoms with van der Waals surface area (Å²) in [6.07, 6.45) is 0.703. The van der Waals surface area contributed by atoms with Gasteiger partial charge in [0, 0.05) is 13.7 Å². The Balaban J connectivity index is 1.93. The Hall–Kier alpha value is -2.12. The van der Waals surface area contributed by atoms with Crippen LogP contribution in [-0.2, 0) is 17.8 Å². The van der Waals surface area contributed by atoms with Gasteiger partial charge >= 0.3 is 0 Å². The zero-order valence-electron chi connectivity index (χ0n) is 14.3. The molecule has 0 aliphatic heterocycles. The van der Waals surface area contributed by atoms with Gasteiger partial charge in [-0.05, 0) is 31.0 Å². The number of hydrogen-bond acceptors (Lipinski definition) is 6. The van der Waals surface area contributed by atoms with Crippen LogP contribution in [0.15, 0.2) is 18.2 Å². The molecule has 0 saturated heterocycles. The van der Waals surface area contributed by atoms with E-state index in [0.717, 1.165) is 16.3 Å². The summed E-state index contributed by atoms with van der Waals surface area (Å²) in [4.78, 5) is 17.2. The summed E-state index contributed by atoms with van der Waals surface area (Å²) in [5.41, 5.74) is 1.80. The van der Waals surface area contributed by atoms with Gasteiger partial charge in [0.05, 0.1) is 26.5 Å². The van der Waals surface area contributed by atoms with E-state index < -0.39 is 0 Å². The van der Waals surface area contributed by atoms with E-state index in [-0.39, 0.29) is 5.91 Å². The van der Waals surface area contributed by atoms with Crippen molar-refractivity contribution in [2.45, 2.75) is 20.0 Å². The Morgan fingerprint density at radius 2 is 1.96 bits per heavy atom. The van der Waals surface area contributed by atoms with Crippen molar-refractivity contribution in [3.63, 3.8) is 0 Å². The molecule has 0 fully saturated rings. The summed E-state index contributed by atoms with van der Waals surface area (Å²) < 4.78 is 15.6. The van der Waals surface area contributed by atoms with Gasteiger partial charge in [-0.25, -0.2) is 4.98 Å². The molecule has 0 aliphatic carbocycles. The van der Waals surface area contributed by atoms with Crippen LogP contribution in [0.25, 0.3) is 0 Å². The van der Waals surface area contributed by atoms with Gasteiger partial charge in [0.2, 0.25) is 0 Å². The first-order chi connectivity index (χ1) is 11.6. The minimum atomic E-state index is -0.104. The minimum Gasteiger partial charge on any atom is -0.493 e. The van der Waals surface area contributed by atoms with Crippen molar-refractivity contribution in [2.24, 2.45) is 0 Å². The van der Waals surface area contributed by atoms with Gasteiger partial charge in [-0.2, -0.15) is 0 Å². The Kier molecular flexibility index (Phi) is 6.57. The zero-order valence-corrected chi connectivity index (χ0v) is 15.2. The van der Waals surface area contributed by atoms with E-state index in [1.807, 2.05) is 25.1 Å². The Labute approximate surface area is 145 Å². The molecule has 2 aromatic rings. The van der Waals surface area contributed by atoms with Crippen LogP contribution in [0, 0.1) is 6.92 Å². The van der Waals surface area contributed by atoms with Crippen LogP contribution < -0.4 is 14.8 Å². The molecule has 1 heterocycles. The maximum absolute atomic E-state index is 12.3. The van der Waals surface area contributed by atoms with Crippen LogP contribution in [-0.4, -0.2) is 38.8 Å². The number of carbonyl (C=O) groups excluding carboxylic acids is 1. The molecule has 1 N–H and O–H groups in total. The normalized spacial score (nSPS) is 10.5. The van der Waals surface area contributed by atoms with Crippen LogP contribution in [0.2, 0.25) is 0 Å². The molecule has 24 heavy (non-hydrogen) atoms. The maximum atomic E-state index is 12.3. The van der Waals surface area contributed by atoms with Crippen molar-refractivity contribution < 1.29 is 19.0 Å². The van der Waals surface area contributed by atoms with Crippen molar-refractivity contribution in [3.8, 4) is 11.5 Å². The zero-order chi connectivity index (χ0) is 17.5. The number of methoxy groups -OCH3 is 3. The van der Waals surface area contributed by atoms with Crippen molar-refractivity contribution >= 4 is 17.2 Å². The van der Waals surface area contributed by atoms with Crippen molar-refractivity contribution in [1.82, 2.24) is 10.3 Å². The second-order valence-electron chi connectivity index (χ2n) is 5.15. The fourth-order valence-electron chi connectivity index (χ4n) is 2.28. The Bertz CT molecular complexity index is 700. The number of rotatable bonds is 8. The van der Waals surface area contributed by atoms with Gasteiger partial charge in [-0.3, -0.25) is 4.79 Å². The molecule has 0 atom stereocenters. The molecule has 130 valence electrons. The highest BCUT2D eigenvalue weighted by atomic mass is 32.1. The van der Waals surface area contributed by atoms with Gasteiger partial charge in [0.25, 0.3) is 5.91 Å². The number of aryl methyl sites for hydroxylation is 1. The first-order valence-electron chi connectivity index (χ1n) is 7.53. The molecule has 6 nitrogen and oxygen atoms in total. The van der Waals surface area contributed by atoms with Gasteiger partial charge < -0.3 is 19.5 Å². The number of nitrogens with one attached hydrogen (secondary N) is 1. The molecule has 2 rings (SSSR count). The van der Waals surface area contributed by atoms with Crippen molar-refractivity contribution in [2.75, 3.05) is 27.9 Å². The number of ether oxygens (including phenoxy) is 3. The largest absolute Gasteiger partial charge is 0.493 e. The Morgan fingerprint density at radius 3 is 2.62 bits per heavy atom. The third-order valence-corrected chi connectivity index (χ3v) is 4.59. The SMILES string of the molecule is COCc1nc(C)c(C(=O)NCCc2ccc(OC)c(OC)c2)s1. The van der Waals surface area contributed by atoms with E-state index >= 15 is 0 Å². The van der Waals surface area contributed by atoms with Crippen molar-refractivity contribution in [3.05, 3.63) is 39.3 Å². The summed E-state index contributed by atoms with van der Waals surface area (Å²) in [7, 11) is 4.82. The van der Waals surface area contributed by atoms with Gasteiger partial charge in [0.15, 0.2) is 11.5 Å². The molecule has 1 amide bonds. The highest BCUT2D eigenvalue weighted by Gasteiger charge is 2.15. The molecule has 0 radical (unpaired) electrons. The number of thiazole rings is 1. The molecular weight excluding hydrogens is 328 g/mol. The first kappa shape index (κ1) is 18.2. The number of nitrogens with zero attached hydrogens (tertiary/aromatic N) is 1. The van der Waals surface area contributed by atoms with Crippen LogP contribution in [0.5, 0.6) is 11.5 Å². The fraction of sp³-hybridized carbons (Fsp3) is 0.412. The van der Waals surface area contributed by atoms with Gasteiger partial charge in [-0.1, -0.05) is 6.07 Å². The van der Waals surface area contributed by atoms with Crippen LogP contribution >= 0.6 is 11.3 Å². The third-order valence-electron chi connectivity index (χ3n) is 3.46. The smallest absolute Gasteiger partial charge is 0.263 e. The summed E-state index contributed by atoms with van der Waals surface area (Å²) in [6.45, 7) is 2.79. The third kappa shape index (κ3) is 4.46. The summed E-state index contributed by atoms with van der Waals surface area (Å²) in [5, 5.41) is 3.73. The highest BCUT2D eigenvalue weighted by molar-refractivity contribution is 7.13. The first-order valence-corrected chi connectivity index (χ1v) is 8.35. The van der Waals surface area contributed by atoms with Crippen LogP contribution in [0.1, 0.15) is 25.9 Å². The molecule has 1 aromatic carbocycles. The summed E-state index contributed by atoms with van der Waals surface area (Å²) in [6, 6.07) is 5.74. The molecule has 7 heteroatoms. The molecule has 0 unspecified atom stereocenters. The molecule has 0 aliphatic rings. The predicted octanol–water partition coefficient (Wildman–Crippen LogP) is 2.59. The van der Waals surface area contributed by atoms with Crippen molar-refractivity contribution in [1.29, 1.82) is 0 Å². The van der Waals surface area contributed by atoms with Crippen LogP contribution in [0.4, 0.5) is 0 Å². The average molecular weight is 350 g/mol. The van der Waals surface area contributed by atoms with Gasteiger partial charge in [-0.15, -0.1) is 11.3 Å². The van der Waals surface area contributed by atoms with E-state index in [0.29, 0.717) is 35.9 Å². The molecular formula is C17H22N2O4S. The Morgan fingerprint density at radius 1 is 1.21 bits per heavy atom. The monoisotopic (exact) mass is 350 g/mol. The lowest BCUT2D eigenvalue weighted by Gasteiger charge is -2.10. The summed E-state index contributed by atoms with van der Waals surface area (Å²) >= 11 is 1.36. The lowest BCUT2D eigenvalue weighted by atomic mass is 10.1. The lowest BCUT2D eigenvalue weighted by Crippen LogP contribution is -2.25. The molecule has 0 bridgehead atoms. The maximum Gasteiger partial charge on any atom is 0.263 e. The molecule has 0 saturated carbocycles. The number of benzene rings is 1. The van der Waals surface area contributed by atoms with E-state index in [1.54, 1.807) is 21.3 Å². The topological polar surface area (TPSA) is 69.7 Å². The number of amides is 1. The van der Waals surface area contributed by atoms with E-state index in [9.17, 15) is 4.79 Å². The van der Waals surface area contributed by atoms with Gasteiger partial charge in [0.1, 0.15) is 9.88 Å². The van der Waals surface area contributed by atoms with E-state index in [1.165, 1.54) is 11.3 Å². The fourth-order valence-corrected chi connectivity index (χ4v) is 3.24. The van der Waals surface area contributed by atoms with Crippen LogP contribution in [0.3, 0.4) is 0 Å². The summed E-state index contributed by atoms with van der Waals surface area (Å²) in [5.74, 6) is 1.27. The number of hydrogen-bond donors (Lipinski definition) is 1. The number of carbonyl (C=O) groups is 1. The minimum absolute atomic E-state index is 0.104. The second kappa shape index (κ2) is 8.65. The second-order valence-corrected chi connectivity index (χ2v) is 6.23. The molecule has 0 spiro atoms.